The van der Waals surface area contributed by atoms with Crippen molar-refractivity contribution in [2.75, 3.05) is 0 Å². The Bertz CT molecular complexity index is 1780. The van der Waals surface area contributed by atoms with E-state index in [0.717, 1.165) is 0 Å². The van der Waals surface area contributed by atoms with Crippen molar-refractivity contribution >= 4 is 32.7 Å². The van der Waals surface area contributed by atoms with Crippen LogP contribution < -0.4 is 0 Å². The molecular weight excluding hydrogens is 486 g/mol. The molecule has 0 amide bonds. The number of rotatable bonds is 6. The largest absolute Gasteiger partial charge is 0.345 e. The average molecular weight is 530 g/mol. The van der Waals surface area contributed by atoms with E-state index in [4.69, 9.17) is 0 Å². The molecule has 6 rings (SSSR count). The summed E-state index contributed by atoms with van der Waals surface area (Å²) < 4.78 is 7.23. The van der Waals surface area contributed by atoms with Gasteiger partial charge in [-0.25, -0.2) is 0 Å². The molecule has 0 spiro atoms. The predicted molar refractivity (Wildman–Crippen MR) is 172 cm³/mol. The standard InChI is InChI=1S/C37H43N3/c1-22(2)38-20-26(8)32-16-28(11-14-34(32)38)37(29-12-15-35-33(17-29)27(9)21-39(35)23(3)4)30-10-13-31-25(7)19-40(24(5)6)36(31)18-30/h10-24,37H,1-9H3. The van der Waals surface area contributed by atoms with E-state index in [1.807, 2.05) is 0 Å². The molecule has 0 radical (unpaired) electrons. The van der Waals surface area contributed by atoms with E-state index in [2.05, 4.69) is 149 Å². The van der Waals surface area contributed by atoms with E-state index in [-0.39, 0.29) is 5.92 Å². The number of benzene rings is 3. The van der Waals surface area contributed by atoms with Crippen LogP contribution in [0.5, 0.6) is 0 Å². The summed E-state index contributed by atoms with van der Waals surface area (Å²) >= 11 is 0. The van der Waals surface area contributed by atoms with Crippen LogP contribution in [-0.2, 0) is 0 Å². The molecule has 0 saturated heterocycles. The maximum Gasteiger partial charge on any atom is 0.0488 e. The Morgan fingerprint density at radius 1 is 0.425 bits per heavy atom. The first kappa shape index (κ1) is 26.5. The van der Waals surface area contributed by atoms with Crippen molar-refractivity contribution in [1.29, 1.82) is 0 Å². The molecule has 0 aliphatic carbocycles. The highest BCUT2D eigenvalue weighted by atomic mass is 15.0. The van der Waals surface area contributed by atoms with E-state index < -0.39 is 0 Å². The van der Waals surface area contributed by atoms with Gasteiger partial charge in [0.25, 0.3) is 0 Å². The molecule has 0 saturated carbocycles. The quantitative estimate of drug-likeness (QED) is 0.191. The first-order chi connectivity index (χ1) is 19.0. The van der Waals surface area contributed by atoms with Gasteiger partial charge < -0.3 is 13.7 Å². The molecule has 206 valence electrons. The molecule has 3 nitrogen and oxygen atoms in total. The molecule has 3 aromatic carbocycles. The Morgan fingerprint density at radius 2 is 0.800 bits per heavy atom. The predicted octanol–water partition coefficient (Wildman–Crippen LogP) is 10.4. The fourth-order valence-electron chi connectivity index (χ4n) is 6.73. The Hall–Kier alpha value is -3.72. The Kier molecular flexibility index (Phi) is 6.45. The maximum atomic E-state index is 2.45. The molecule has 6 aromatic rings. The third kappa shape index (κ3) is 4.18. The molecule has 3 aromatic heterocycles. The highest BCUT2D eigenvalue weighted by Crippen LogP contribution is 2.39. The lowest BCUT2D eigenvalue weighted by molar-refractivity contribution is 0.621. The highest BCUT2D eigenvalue weighted by molar-refractivity contribution is 5.88. The summed E-state index contributed by atoms with van der Waals surface area (Å²) in [6, 6.07) is 22.7. The minimum absolute atomic E-state index is 0.137. The van der Waals surface area contributed by atoms with Gasteiger partial charge in [-0.1, -0.05) is 24.3 Å². The van der Waals surface area contributed by atoms with E-state index in [1.54, 1.807) is 0 Å². The summed E-state index contributed by atoms with van der Waals surface area (Å²) in [6.07, 6.45) is 6.92. The summed E-state index contributed by atoms with van der Waals surface area (Å²) in [5, 5.41) is 4.04. The molecule has 0 N–H and O–H groups in total. The normalized spacial score (nSPS) is 12.5. The second kappa shape index (κ2) is 9.73. The van der Waals surface area contributed by atoms with Crippen molar-refractivity contribution in [1.82, 2.24) is 13.7 Å². The minimum Gasteiger partial charge on any atom is -0.345 e. The van der Waals surface area contributed by atoms with Crippen molar-refractivity contribution in [3.05, 3.63) is 107 Å². The number of aryl methyl sites for hydroxylation is 3. The van der Waals surface area contributed by atoms with Crippen molar-refractivity contribution in [2.45, 2.75) is 86.4 Å². The van der Waals surface area contributed by atoms with E-state index >= 15 is 0 Å². The lowest BCUT2D eigenvalue weighted by Gasteiger charge is -2.21. The third-order valence-electron chi connectivity index (χ3n) is 8.84. The van der Waals surface area contributed by atoms with E-state index in [1.165, 1.54) is 66.1 Å². The number of hydrogen-bond acceptors (Lipinski definition) is 0. The van der Waals surface area contributed by atoms with Gasteiger partial charge in [-0.2, -0.15) is 0 Å². The van der Waals surface area contributed by atoms with E-state index in [0.29, 0.717) is 18.1 Å². The number of hydrogen-bond donors (Lipinski definition) is 0. The monoisotopic (exact) mass is 529 g/mol. The van der Waals surface area contributed by atoms with Gasteiger partial charge in [-0.3, -0.25) is 0 Å². The average Bonchev–Trinajstić information content (AvgIpc) is 3.55. The van der Waals surface area contributed by atoms with Crippen LogP contribution in [0.4, 0.5) is 0 Å². The third-order valence-corrected chi connectivity index (χ3v) is 8.84. The second-order valence-electron chi connectivity index (χ2n) is 12.7. The van der Waals surface area contributed by atoms with Crippen LogP contribution in [0.15, 0.2) is 73.2 Å². The summed E-state index contributed by atoms with van der Waals surface area (Å²) in [7, 11) is 0. The zero-order chi connectivity index (χ0) is 28.5. The summed E-state index contributed by atoms with van der Waals surface area (Å²) in [5.41, 5.74) is 12.0. The van der Waals surface area contributed by atoms with Crippen LogP contribution in [0, 0.1) is 20.8 Å². The topological polar surface area (TPSA) is 14.8 Å². The molecule has 0 atom stereocenters. The van der Waals surface area contributed by atoms with Crippen molar-refractivity contribution in [2.24, 2.45) is 0 Å². The van der Waals surface area contributed by atoms with Gasteiger partial charge in [-0.15, -0.1) is 0 Å². The Morgan fingerprint density at radius 3 is 1.25 bits per heavy atom. The zero-order valence-electron chi connectivity index (χ0n) is 25.6. The smallest absolute Gasteiger partial charge is 0.0488 e. The van der Waals surface area contributed by atoms with Crippen LogP contribution in [-0.4, -0.2) is 13.7 Å². The van der Waals surface area contributed by atoms with Gasteiger partial charge in [0.05, 0.1) is 0 Å². The second-order valence-corrected chi connectivity index (χ2v) is 12.7. The molecule has 0 bridgehead atoms. The molecular formula is C37H43N3. The summed E-state index contributed by atoms with van der Waals surface area (Å²) in [6.45, 7) is 20.3. The first-order valence-corrected chi connectivity index (χ1v) is 14.9. The summed E-state index contributed by atoms with van der Waals surface area (Å²) in [4.78, 5) is 0. The SMILES string of the molecule is Cc1cn(C(C)C)c2ccc(C(c3ccc4c(c3)c(C)cn4C(C)C)c3ccc4c(C)cn(C(C)C)c4c3)cc12. The van der Waals surface area contributed by atoms with Crippen LogP contribution >= 0.6 is 0 Å². The van der Waals surface area contributed by atoms with Crippen LogP contribution in [0.3, 0.4) is 0 Å². The minimum atomic E-state index is 0.137. The van der Waals surface area contributed by atoms with Crippen LogP contribution in [0.1, 0.15) is 99.0 Å². The van der Waals surface area contributed by atoms with Gasteiger partial charge in [0.1, 0.15) is 0 Å². The first-order valence-electron chi connectivity index (χ1n) is 14.9. The van der Waals surface area contributed by atoms with Gasteiger partial charge in [0.2, 0.25) is 0 Å². The molecule has 3 heterocycles. The van der Waals surface area contributed by atoms with Gasteiger partial charge in [0.15, 0.2) is 0 Å². The number of fused-ring (bicyclic) bond motifs is 3. The van der Waals surface area contributed by atoms with E-state index in [9.17, 15) is 0 Å². The Labute approximate surface area is 239 Å². The number of aromatic nitrogens is 3. The van der Waals surface area contributed by atoms with Crippen LogP contribution in [0.25, 0.3) is 32.7 Å². The van der Waals surface area contributed by atoms with Gasteiger partial charge >= 0.3 is 0 Å². The summed E-state index contributed by atoms with van der Waals surface area (Å²) in [5.74, 6) is 0.137. The van der Waals surface area contributed by atoms with Crippen molar-refractivity contribution < 1.29 is 0 Å². The molecule has 0 fully saturated rings. The number of nitrogens with zero attached hydrogens (tertiary/aromatic N) is 3. The molecule has 3 heteroatoms. The highest BCUT2D eigenvalue weighted by Gasteiger charge is 2.22. The Balaban J connectivity index is 1.61. The van der Waals surface area contributed by atoms with Gasteiger partial charge in [-0.05, 0) is 126 Å². The molecule has 40 heavy (non-hydrogen) atoms. The van der Waals surface area contributed by atoms with Crippen LogP contribution in [0.2, 0.25) is 0 Å². The lowest BCUT2D eigenvalue weighted by Crippen LogP contribution is -2.06. The zero-order valence-corrected chi connectivity index (χ0v) is 25.6. The van der Waals surface area contributed by atoms with Crippen molar-refractivity contribution in [3.8, 4) is 0 Å². The van der Waals surface area contributed by atoms with Crippen molar-refractivity contribution in [3.63, 3.8) is 0 Å². The fraction of sp³-hybridized carbons (Fsp3) is 0.351. The lowest BCUT2D eigenvalue weighted by atomic mass is 9.83. The maximum absolute atomic E-state index is 2.45. The molecule has 0 aliphatic rings. The molecule has 0 unspecified atom stereocenters. The van der Waals surface area contributed by atoms with Gasteiger partial charge in [0, 0.05) is 75.3 Å². The fourth-order valence-corrected chi connectivity index (χ4v) is 6.73. The molecule has 0 aliphatic heterocycles.